The van der Waals surface area contributed by atoms with Gasteiger partial charge in [-0.2, -0.15) is 5.26 Å². The predicted octanol–water partition coefficient (Wildman–Crippen LogP) is 2.12. The molecule has 1 aromatic rings. The quantitative estimate of drug-likeness (QED) is 0.345. The molecule has 6 heteroatoms. The molecule has 0 radical (unpaired) electrons. The Morgan fingerprint density at radius 3 is 3.05 bits per heavy atom. The number of nitrogens with zero attached hydrogens (tertiary/aromatic N) is 2. The third kappa shape index (κ3) is 3.88. The van der Waals surface area contributed by atoms with Crippen LogP contribution in [0.3, 0.4) is 0 Å². The fraction of sp³-hybridized carbons (Fsp3) is 0.462. The Morgan fingerprint density at radius 2 is 2.42 bits per heavy atom. The van der Waals surface area contributed by atoms with Gasteiger partial charge in [0.05, 0.1) is 17.3 Å². The zero-order valence-corrected chi connectivity index (χ0v) is 11.4. The third-order valence-corrected chi connectivity index (χ3v) is 3.64. The first-order valence-electron chi connectivity index (χ1n) is 5.98. The summed E-state index contributed by atoms with van der Waals surface area (Å²) in [6.45, 7) is 0.450. The average Bonchev–Trinajstić information content (AvgIpc) is 3.16. The monoisotopic (exact) mass is 278 g/mol. The third-order valence-electron chi connectivity index (χ3n) is 2.62. The molecule has 0 atom stereocenters. The Labute approximate surface area is 115 Å². The highest BCUT2D eigenvalue weighted by Crippen LogP contribution is 2.41. The van der Waals surface area contributed by atoms with E-state index in [9.17, 15) is 4.79 Å². The summed E-state index contributed by atoms with van der Waals surface area (Å²) in [5.41, 5.74) is 0.607. The van der Waals surface area contributed by atoms with Crippen LogP contribution in [-0.4, -0.2) is 31.3 Å². The van der Waals surface area contributed by atoms with Gasteiger partial charge in [-0.3, -0.25) is 0 Å². The fourth-order valence-electron chi connectivity index (χ4n) is 1.46. The number of hydrogen-bond acceptors (Lipinski definition) is 6. The van der Waals surface area contributed by atoms with Gasteiger partial charge in [0.1, 0.15) is 18.2 Å². The molecule has 0 aromatic carbocycles. The van der Waals surface area contributed by atoms with Gasteiger partial charge in [-0.05, 0) is 18.9 Å². The SMILES string of the molecule is COCCOC(=O)/C(C#N)=C\c1csc(C2CC2)n1. The number of hydrogen-bond donors (Lipinski definition) is 0. The molecule has 1 aliphatic rings. The van der Waals surface area contributed by atoms with Crippen molar-refractivity contribution in [3.05, 3.63) is 21.7 Å². The van der Waals surface area contributed by atoms with Gasteiger partial charge >= 0.3 is 5.97 Å². The molecule has 1 aliphatic carbocycles. The maximum Gasteiger partial charge on any atom is 0.349 e. The van der Waals surface area contributed by atoms with E-state index in [4.69, 9.17) is 14.7 Å². The molecule has 1 heterocycles. The Hall–Kier alpha value is -1.71. The molecule has 0 saturated heterocycles. The smallest absolute Gasteiger partial charge is 0.349 e. The Morgan fingerprint density at radius 1 is 1.63 bits per heavy atom. The maximum atomic E-state index is 11.6. The van der Waals surface area contributed by atoms with Crippen molar-refractivity contribution >= 4 is 23.4 Å². The lowest BCUT2D eigenvalue weighted by Crippen LogP contribution is -2.11. The number of thiazole rings is 1. The van der Waals surface area contributed by atoms with E-state index < -0.39 is 5.97 Å². The van der Waals surface area contributed by atoms with Crippen LogP contribution in [-0.2, 0) is 14.3 Å². The highest BCUT2D eigenvalue weighted by Gasteiger charge is 2.26. The van der Waals surface area contributed by atoms with Crippen LogP contribution >= 0.6 is 11.3 Å². The summed E-state index contributed by atoms with van der Waals surface area (Å²) in [4.78, 5) is 16.0. The normalized spacial score (nSPS) is 15.1. The summed E-state index contributed by atoms with van der Waals surface area (Å²) < 4.78 is 9.67. The fourth-order valence-corrected chi connectivity index (χ4v) is 2.41. The van der Waals surface area contributed by atoms with Crippen molar-refractivity contribution in [2.24, 2.45) is 0 Å². The first kappa shape index (κ1) is 13.7. The van der Waals surface area contributed by atoms with Crippen molar-refractivity contribution in [2.75, 3.05) is 20.3 Å². The highest BCUT2D eigenvalue weighted by molar-refractivity contribution is 7.09. The van der Waals surface area contributed by atoms with Gasteiger partial charge in [-0.25, -0.2) is 9.78 Å². The van der Waals surface area contributed by atoms with Crippen LogP contribution in [0.5, 0.6) is 0 Å². The second kappa shape index (κ2) is 6.45. The van der Waals surface area contributed by atoms with E-state index in [0.29, 0.717) is 18.2 Å². The first-order valence-corrected chi connectivity index (χ1v) is 6.86. The van der Waals surface area contributed by atoms with Gasteiger partial charge < -0.3 is 9.47 Å². The van der Waals surface area contributed by atoms with Crippen molar-refractivity contribution in [3.63, 3.8) is 0 Å². The minimum absolute atomic E-state index is 0.0382. The number of carbonyl (C=O) groups excluding carboxylic acids is 1. The molecule has 0 N–H and O–H groups in total. The number of esters is 1. The number of nitriles is 1. The van der Waals surface area contributed by atoms with Crippen molar-refractivity contribution in [1.82, 2.24) is 4.98 Å². The van der Waals surface area contributed by atoms with Crippen molar-refractivity contribution in [3.8, 4) is 6.07 Å². The van der Waals surface area contributed by atoms with E-state index in [2.05, 4.69) is 4.98 Å². The highest BCUT2D eigenvalue weighted by atomic mass is 32.1. The van der Waals surface area contributed by atoms with E-state index in [1.807, 2.05) is 11.4 Å². The van der Waals surface area contributed by atoms with Gasteiger partial charge in [-0.1, -0.05) is 0 Å². The number of rotatable bonds is 6. The molecular formula is C13H14N2O3S. The molecule has 0 spiro atoms. The van der Waals surface area contributed by atoms with Crippen LogP contribution in [0.15, 0.2) is 11.0 Å². The van der Waals surface area contributed by atoms with Crippen molar-refractivity contribution in [1.29, 1.82) is 5.26 Å². The molecular weight excluding hydrogens is 264 g/mol. The van der Waals surface area contributed by atoms with Gasteiger partial charge in [0.2, 0.25) is 0 Å². The largest absolute Gasteiger partial charge is 0.459 e. The molecule has 100 valence electrons. The van der Waals surface area contributed by atoms with E-state index in [1.54, 1.807) is 11.3 Å². The van der Waals surface area contributed by atoms with Crippen LogP contribution in [0, 0.1) is 11.3 Å². The van der Waals surface area contributed by atoms with Crippen LogP contribution in [0.4, 0.5) is 0 Å². The van der Waals surface area contributed by atoms with E-state index in [-0.39, 0.29) is 12.2 Å². The molecule has 0 bridgehead atoms. The van der Waals surface area contributed by atoms with Gasteiger partial charge in [-0.15, -0.1) is 11.3 Å². The molecule has 1 fully saturated rings. The molecule has 0 unspecified atom stereocenters. The lowest BCUT2D eigenvalue weighted by molar-refractivity contribution is -0.139. The van der Waals surface area contributed by atoms with Crippen LogP contribution < -0.4 is 0 Å². The predicted molar refractivity (Wildman–Crippen MR) is 70.5 cm³/mol. The standard InChI is InChI=1S/C13H14N2O3S/c1-17-4-5-18-13(16)10(7-14)6-11-8-19-12(15-11)9-2-3-9/h6,8-9H,2-5H2,1H3/b10-6-. The van der Waals surface area contributed by atoms with Gasteiger partial charge in [0.15, 0.2) is 0 Å². The second-order valence-electron chi connectivity index (χ2n) is 4.18. The summed E-state index contributed by atoms with van der Waals surface area (Å²) in [7, 11) is 1.52. The summed E-state index contributed by atoms with van der Waals surface area (Å²) in [5, 5.41) is 11.9. The van der Waals surface area contributed by atoms with Gasteiger partial charge in [0.25, 0.3) is 0 Å². The number of ether oxygens (including phenoxy) is 2. The zero-order chi connectivity index (χ0) is 13.7. The first-order chi connectivity index (χ1) is 9.24. The summed E-state index contributed by atoms with van der Waals surface area (Å²) in [6, 6.07) is 1.84. The average molecular weight is 278 g/mol. The van der Waals surface area contributed by atoms with Crippen LogP contribution in [0.25, 0.3) is 6.08 Å². The van der Waals surface area contributed by atoms with Crippen LogP contribution in [0.2, 0.25) is 0 Å². The molecule has 0 amide bonds. The second-order valence-corrected chi connectivity index (χ2v) is 5.07. The van der Waals surface area contributed by atoms with Crippen molar-refractivity contribution < 1.29 is 14.3 Å². The van der Waals surface area contributed by atoms with Crippen molar-refractivity contribution in [2.45, 2.75) is 18.8 Å². The van der Waals surface area contributed by atoms with E-state index in [1.165, 1.54) is 26.0 Å². The summed E-state index contributed by atoms with van der Waals surface area (Å²) in [6.07, 6.45) is 3.83. The lowest BCUT2D eigenvalue weighted by atomic mass is 10.2. The molecule has 0 aliphatic heterocycles. The van der Waals surface area contributed by atoms with E-state index in [0.717, 1.165) is 5.01 Å². The number of carbonyl (C=O) groups is 1. The molecule has 19 heavy (non-hydrogen) atoms. The van der Waals surface area contributed by atoms with Gasteiger partial charge in [0, 0.05) is 18.4 Å². The number of methoxy groups -OCH3 is 1. The Balaban J connectivity index is 2.00. The minimum atomic E-state index is -0.638. The number of aromatic nitrogens is 1. The summed E-state index contributed by atoms with van der Waals surface area (Å²) >= 11 is 1.57. The molecule has 5 nitrogen and oxygen atoms in total. The minimum Gasteiger partial charge on any atom is -0.459 e. The topological polar surface area (TPSA) is 72.2 Å². The molecule has 1 saturated carbocycles. The van der Waals surface area contributed by atoms with E-state index >= 15 is 0 Å². The van der Waals surface area contributed by atoms with Crippen LogP contribution in [0.1, 0.15) is 29.5 Å². The maximum absolute atomic E-state index is 11.6. The lowest BCUT2D eigenvalue weighted by Gasteiger charge is -2.01. The molecule has 1 aromatic heterocycles. The Bertz CT molecular complexity index is 526. The molecule has 2 rings (SSSR count). The zero-order valence-electron chi connectivity index (χ0n) is 10.6. The Kier molecular flexibility index (Phi) is 4.66. The summed E-state index contributed by atoms with van der Waals surface area (Å²) in [5.74, 6) is -0.0631.